The Hall–Kier alpha value is -3.58. The van der Waals surface area contributed by atoms with Crippen molar-refractivity contribution in [3.8, 4) is 11.4 Å². The molecule has 150 valence electrons. The zero-order valence-electron chi connectivity index (χ0n) is 16.3. The van der Waals surface area contributed by atoms with Crippen LogP contribution >= 0.6 is 0 Å². The lowest BCUT2D eigenvalue weighted by Gasteiger charge is -2.31. The van der Waals surface area contributed by atoms with Crippen LogP contribution in [0.5, 0.6) is 0 Å². The monoisotopic (exact) mass is 402 g/mol. The van der Waals surface area contributed by atoms with Crippen LogP contribution in [0.4, 0.5) is 0 Å². The first-order chi connectivity index (χ1) is 14.4. The van der Waals surface area contributed by atoms with Crippen LogP contribution in [0.2, 0.25) is 0 Å². The van der Waals surface area contributed by atoms with E-state index in [-0.39, 0.29) is 29.7 Å². The molecule has 0 aliphatic carbocycles. The van der Waals surface area contributed by atoms with Crippen molar-refractivity contribution in [1.82, 2.24) is 9.55 Å². The summed E-state index contributed by atoms with van der Waals surface area (Å²) in [6.45, 7) is 5.63. The third-order valence-corrected chi connectivity index (χ3v) is 6.03. The van der Waals surface area contributed by atoms with Gasteiger partial charge in [-0.15, -0.1) is 0 Å². The lowest BCUT2D eigenvalue weighted by atomic mass is 9.86. The molecule has 2 aromatic heterocycles. The first-order valence-corrected chi connectivity index (χ1v) is 9.63. The van der Waals surface area contributed by atoms with Gasteiger partial charge in [0.1, 0.15) is 12.9 Å². The highest BCUT2D eigenvalue weighted by Crippen LogP contribution is 2.39. The molecule has 1 atom stereocenters. The molecule has 3 aromatic rings. The molecule has 0 spiro atoms. The number of hydrogen-bond acceptors (Lipinski definition) is 6. The van der Waals surface area contributed by atoms with Gasteiger partial charge in [-0.3, -0.25) is 9.59 Å². The minimum Gasteiger partial charge on any atom is -0.458 e. The molecule has 0 unspecified atom stereocenters. The number of ether oxygens (including phenoxy) is 1. The molecule has 1 aromatic carbocycles. The van der Waals surface area contributed by atoms with Gasteiger partial charge in [0.15, 0.2) is 5.60 Å². The normalized spacial score (nSPS) is 19.1. The third kappa shape index (κ3) is 2.29. The highest BCUT2D eigenvalue weighted by atomic mass is 16.6. The van der Waals surface area contributed by atoms with Crippen molar-refractivity contribution in [2.45, 2.75) is 32.1 Å². The Labute approximate surface area is 171 Å². The SMILES string of the molecule is C=C(C=O)c1cccc2cc3c(nc12)-c1cc2c(c(=O)n1C3)COC(=O)[C@]2(O)CC. The Balaban J connectivity index is 1.80. The molecule has 0 saturated carbocycles. The van der Waals surface area contributed by atoms with E-state index in [1.807, 2.05) is 18.2 Å². The van der Waals surface area contributed by atoms with Crippen molar-refractivity contribution >= 4 is 28.7 Å². The number of allylic oxidation sites excluding steroid dienone is 1. The van der Waals surface area contributed by atoms with Crippen LogP contribution in [0.3, 0.4) is 0 Å². The van der Waals surface area contributed by atoms with Gasteiger partial charge in [-0.1, -0.05) is 31.7 Å². The molecular formula is C23H18N2O5. The third-order valence-electron chi connectivity index (χ3n) is 6.03. The maximum atomic E-state index is 13.2. The minimum absolute atomic E-state index is 0.0863. The number of carbonyl (C=O) groups is 2. The van der Waals surface area contributed by atoms with Crippen molar-refractivity contribution in [3.63, 3.8) is 0 Å². The standard InChI is InChI=1S/C23H18N2O5/c1-3-23(29)17-8-18-20-14(9-25(18)21(27)16(17)11-30-22(23)28)7-13-5-4-6-15(12(2)10-26)19(13)24-20/h4-8,10,29H,2-3,9,11H2,1H3/t23-/m0/s1. The number of esters is 1. The van der Waals surface area contributed by atoms with Gasteiger partial charge in [0.05, 0.1) is 29.0 Å². The predicted octanol–water partition coefficient (Wildman–Crippen LogP) is 2.29. The molecule has 0 bridgehead atoms. The summed E-state index contributed by atoms with van der Waals surface area (Å²) in [6.07, 6.45) is 0.772. The number of rotatable bonds is 3. The highest BCUT2D eigenvalue weighted by Gasteiger charge is 2.45. The number of fused-ring (bicyclic) bond motifs is 5. The Morgan fingerprint density at radius 3 is 2.90 bits per heavy atom. The molecule has 0 radical (unpaired) electrons. The number of cyclic esters (lactones) is 1. The molecule has 0 fully saturated rings. The Bertz CT molecular complexity index is 1350. The van der Waals surface area contributed by atoms with Crippen molar-refractivity contribution in [2.24, 2.45) is 0 Å². The predicted molar refractivity (Wildman–Crippen MR) is 110 cm³/mol. The summed E-state index contributed by atoms with van der Waals surface area (Å²) in [5, 5.41) is 11.8. The number of aliphatic hydroxyl groups is 1. The molecule has 0 amide bonds. The van der Waals surface area contributed by atoms with Crippen molar-refractivity contribution in [1.29, 1.82) is 0 Å². The van der Waals surface area contributed by atoms with Crippen LogP contribution in [0.15, 0.2) is 41.7 Å². The zero-order chi connectivity index (χ0) is 21.2. The molecule has 30 heavy (non-hydrogen) atoms. The topological polar surface area (TPSA) is 98.5 Å². The second-order valence-electron chi connectivity index (χ2n) is 7.62. The van der Waals surface area contributed by atoms with Gasteiger partial charge in [-0.05, 0) is 18.6 Å². The molecule has 2 aliphatic rings. The van der Waals surface area contributed by atoms with E-state index in [1.54, 1.807) is 23.6 Å². The number of benzene rings is 1. The largest absolute Gasteiger partial charge is 0.458 e. The summed E-state index contributed by atoms with van der Waals surface area (Å²) in [4.78, 5) is 41.5. The molecule has 2 aliphatic heterocycles. The summed E-state index contributed by atoms with van der Waals surface area (Å²) >= 11 is 0. The molecule has 7 heteroatoms. The summed E-state index contributed by atoms with van der Waals surface area (Å²) in [5.74, 6) is -0.754. The summed E-state index contributed by atoms with van der Waals surface area (Å²) in [7, 11) is 0. The fourth-order valence-electron chi connectivity index (χ4n) is 4.33. The summed E-state index contributed by atoms with van der Waals surface area (Å²) < 4.78 is 6.67. The van der Waals surface area contributed by atoms with Crippen LogP contribution in [0.1, 0.15) is 35.6 Å². The van der Waals surface area contributed by atoms with Gasteiger partial charge in [-0.25, -0.2) is 9.78 Å². The Kier molecular flexibility index (Phi) is 3.82. The number of para-hydroxylation sites is 1. The van der Waals surface area contributed by atoms with Crippen LogP contribution in [-0.2, 0) is 33.1 Å². The van der Waals surface area contributed by atoms with Crippen molar-refractivity contribution in [2.75, 3.05) is 0 Å². The maximum absolute atomic E-state index is 13.2. The number of aromatic nitrogens is 2. The number of hydrogen-bond donors (Lipinski definition) is 1. The Morgan fingerprint density at radius 2 is 2.17 bits per heavy atom. The molecule has 4 heterocycles. The molecular weight excluding hydrogens is 384 g/mol. The molecule has 1 N–H and O–H groups in total. The highest BCUT2D eigenvalue weighted by molar-refractivity contribution is 6.11. The first kappa shape index (κ1) is 18.4. The second kappa shape index (κ2) is 6.21. The molecule has 7 nitrogen and oxygen atoms in total. The molecule has 5 rings (SSSR count). The van der Waals surface area contributed by atoms with Crippen LogP contribution < -0.4 is 5.56 Å². The number of pyridine rings is 2. The quantitative estimate of drug-likeness (QED) is 0.321. The van der Waals surface area contributed by atoms with E-state index >= 15 is 0 Å². The first-order valence-electron chi connectivity index (χ1n) is 9.63. The lowest BCUT2D eigenvalue weighted by Crippen LogP contribution is -2.44. The average Bonchev–Trinajstić information content (AvgIpc) is 3.12. The summed E-state index contributed by atoms with van der Waals surface area (Å²) in [6, 6.07) is 9.11. The van der Waals surface area contributed by atoms with Gasteiger partial charge in [0, 0.05) is 27.6 Å². The van der Waals surface area contributed by atoms with E-state index in [0.29, 0.717) is 40.9 Å². The van der Waals surface area contributed by atoms with Crippen LogP contribution in [-0.4, -0.2) is 26.9 Å². The van der Waals surface area contributed by atoms with Gasteiger partial charge >= 0.3 is 5.97 Å². The van der Waals surface area contributed by atoms with Crippen LogP contribution in [0.25, 0.3) is 27.9 Å². The number of aldehydes is 1. The minimum atomic E-state index is -1.86. The summed E-state index contributed by atoms with van der Waals surface area (Å²) in [5.41, 5.74) is 1.91. The average molecular weight is 402 g/mol. The van der Waals surface area contributed by atoms with E-state index < -0.39 is 11.6 Å². The van der Waals surface area contributed by atoms with E-state index in [9.17, 15) is 19.5 Å². The second-order valence-corrected chi connectivity index (χ2v) is 7.62. The zero-order valence-corrected chi connectivity index (χ0v) is 16.3. The lowest BCUT2D eigenvalue weighted by molar-refractivity contribution is -0.172. The van der Waals surface area contributed by atoms with Crippen LogP contribution in [0, 0.1) is 0 Å². The Morgan fingerprint density at radius 1 is 1.37 bits per heavy atom. The molecule has 0 saturated heterocycles. The fourth-order valence-corrected chi connectivity index (χ4v) is 4.33. The van der Waals surface area contributed by atoms with Crippen molar-refractivity contribution in [3.05, 3.63) is 69.5 Å². The van der Waals surface area contributed by atoms with E-state index in [2.05, 4.69) is 6.58 Å². The van der Waals surface area contributed by atoms with E-state index in [1.165, 1.54) is 0 Å². The van der Waals surface area contributed by atoms with Gasteiger partial charge < -0.3 is 14.4 Å². The van der Waals surface area contributed by atoms with Gasteiger partial charge in [-0.2, -0.15) is 0 Å². The maximum Gasteiger partial charge on any atom is 0.343 e. The number of nitrogens with zero attached hydrogens (tertiary/aromatic N) is 2. The van der Waals surface area contributed by atoms with E-state index in [0.717, 1.165) is 10.9 Å². The smallest absolute Gasteiger partial charge is 0.343 e. The van der Waals surface area contributed by atoms with Crippen molar-refractivity contribution < 1.29 is 19.4 Å². The fraction of sp³-hybridized carbons (Fsp3) is 0.217. The van der Waals surface area contributed by atoms with E-state index in [4.69, 9.17) is 9.72 Å². The number of carbonyl (C=O) groups excluding carboxylic acids is 2. The van der Waals surface area contributed by atoms with Gasteiger partial charge in [0.2, 0.25) is 0 Å². The van der Waals surface area contributed by atoms with Gasteiger partial charge in [0.25, 0.3) is 5.56 Å².